The highest BCUT2D eigenvalue weighted by atomic mass is 16.3. The zero-order valence-electron chi connectivity index (χ0n) is 13.1. The van der Waals surface area contributed by atoms with E-state index in [-0.39, 0.29) is 6.04 Å². The summed E-state index contributed by atoms with van der Waals surface area (Å²) < 4.78 is 5.69. The summed E-state index contributed by atoms with van der Waals surface area (Å²) in [6.45, 7) is 8.66. The molecule has 1 unspecified atom stereocenters. The lowest BCUT2D eigenvalue weighted by Crippen LogP contribution is -2.17. The fourth-order valence-electron chi connectivity index (χ4n) is 2.97. The van der Waals surface area contributed by atoms with Gasteiger partial charge in [-0.05, 0) is 69.5 Å². The summed E-state index contributed by atoms with van der Waals surface area (Å²) in [5.74, 6) is 1.94. The van der Waals surface area contributed by atoms with Crippen LogP contribution in [0.4, 0.5) is 11.4 Å². The lowest BCUT2D eigenvalue weighted by Gasteiger charge is -2.21. The van der Waals surface area contributed by atoms with Gasteiger partial charge in [-0.1, -0.05) is 0 Å². The van der Waals surface area contributed by atoms with Crippen LogP contribution in [-0.4, -0.2) is 13.1 Å². The van der Waals surface area contributed by atoms with Crippen molar-refractivity contribution in [3.05, 3.63) is 47.4 Å². The third-order valence-corrected chi connectivity index (χ3v) is 4.24. The minimum absolute atomic E-state index is 0.176. The van der Waals surface area contributed by atoms with Crippen LogP contribution in [0.1, 0.15) is 42.9 Å². The molecule has 1 fully saturated rings. The maximum Gasteiger partial charge on any atom is 0.126 e. The molecule has 0 radical (unpaired) electrons. The van der Waals surface area contributed by atoms with Crippen molar-refractivity contribution < 1.29 is 4.42 Å². The highest BCUT2D eigenvalue weighted by molar-refractivity contribution is 5.61. The van der Waals surface area contributed by atoms with Crippen molar-refractivity contribution in [2.45, 2.75) is 39.7 Å². The second-order valence-electron chi connectivity index (χ2n) is 6.01. The number of nitrogens with zero attached hydrogens (tertiary/aromatic N) is 1. The van der Waals surface area contributed by atoms with Gasteiger partial charge in [-0.25, -0.2) is 0 Å². The average Bonchev–Trinajstić information content (AvgIpc) is 3.12. The van der Waals surface area contributed by atoms with Crippen LogP contribution in [0.5, 0.6) is 0 Å². The first-order valence-corrected chi connectivity index (χ1v) is 7.82. The maximum absolute atomic E-state index is 5.69. The quantitative estimate of drug-likeness (QED) is 0.884. The molecule has 0 amide bonds. The molecule has 1 atom stereocenters. The number of anilines is 2. The van der Waals surface area contributed by atoms with Gasteiger partial charge in [0, 0.05) is 24.5 Å². The molecule has 2 aromatic rings. The van der Waals surface area contributed by atoms with Crippen LogP contribution in [0.2, 0.25) is 0 Å². The standard InChI is InChI=1S/C18H24N2O/c1-13-12-16(20-10-4-5-11-20)7-8-17(13)19-15(3)18-9-6-14(2)21-18/h6-9,12,15,19H,4-5,10-11H2,1-3H3. The Kier molecular flexibility index (Phi) is 3.91. The number of hydrogen-bond donors (Lipinski definition) is 1. The van der Waals surface area contributed by atoms with E-state index in [2.05, 4.69) is 42.3 Å². The molecule has 3 heteroatoms. The molecular weight excluding hydrogens is 260 g/mol. The SMILES string of the molecule is Cc1ccc(C(C)Nc2ccc(N3CCCC3)cc2C)o1. The summed E-state index contributed by atoms with van der Waals surface area (Å²) in [5.41, 5.74) is 3.81. The number of hydrogen-bond acceptors (Lipinski definition) is 3. The molecule has 1 aliphatic heterocycles. The fourth-order valence-corrected chi connectivity index (χ4v) is 2.97. The fraction of sp³-hybridized carbons (Fsp3) is 0.444. The monoisotopic (exact) mass is 284 g/mol. The molecule has 1 saturated heterocycles. The van der Waals surface area contributed by atoms with Gasteiger partial charge < -0.3 is 14.6 Å². The molecular formula is C18H24N2O. The Morgan fingerprint density at radius 3 is 2.48 bits per heavy atom. The lowest BCUT2D eigenvalue weighted by molar-refractivity contribution is 0.467. The predicted octanol–water partition coefficient (Wildman–Crippen LogP) is 4.67. The summed E-state index contributed by atoms with van der Waals surface area (Å²) in [6.07, 6.45) is 2.63. The third-order valence-electron chi connectivity index (χ3n) is 4.24. The van der Waals surface area contributed by atoms with Crippen LogP contribution < -0.4 is 10.2 Å². The Morgan fingerprint density at radius 2 is 1.86 bits per heavy atom. The smallest absolute Gasteiger partial charge is 0.126 e. The summed E-state index contributed by atoms with van der Waals surface area (Å²) in [7, 11) is 0. The van der Waals surface area contributed by atoms with Crippen molar-refractivity contribution in [2.24, 2.45) is 0 Å². The Bertz CT molecular complexity index is 611. The zero-order valence-corrected chi connectivity index (χ0v) is 13.1. The van der Waals surface area contributed by atoms with E-state index in [1.165, 1.54) is 42.9 Å². The first kappa shape index (κ1) is 14.1. The van der Waals surface area contributed by atoms with Crippen molar-refractivity contribution in [3.8, 4) is 0 Å². The van der Waals surface area contributed by atoms with E-state index < -0.39 is 0 Å². The topological polar surface area (TPSA) is 28.4 Å². The Morgan fingerprint density at radius 1 is 1.10 bits per heavy atom. The van der Waals surface area contributed by atoms with Crippen molar-refractivity contribution in [1.29, 1.82) is 0 Å². The van der Waals surface area contributed by atoms with Gasteiger partial charge in [0.25, 0.3) is 0 Å². The third kappa shape index (κ3) is 3.07. The first-order valence-electron chi connectivity index (χ1n) is 7.82. The predicted molar refractivity (Wildman–Crippen MR) is 88.1 cm³/mol. The van der Waals surface area contributed by atoms with Gasteiger partial charge in [0.2, 0.25) is 0 Å². The highest BCUT2D eigenvalue weighted by Gasteiger charge is 2.14. The van der Waals surface area contributed by atoms with E-state index in [0.717, 1.165) is 11.5 Å². The minimum atomic E-state index is 0.176. The number of furan rings is 1. The van der Waals surface area contributed by atoms with Gasteiger partial charge >= 0.3 is 0 Å². The Labute approximate surface area is 127 Å². The molecule has 3 rings (SSSR count). The average molecular weight is 284 g/mol. The molecule has 0 bridgehead atoms. The molecule has 0 spiro atoms. The van der Waals surface area contributed by atoms with Gasteiger partial charge in [-0.15, -0.1) is 0 Å². The summed E-state index contributed by atoms with van der Waals surface area (Å²) in [5, 5.41) is 3.55. The van der Waals surface area contributed by atoms with E-state index in [1.807, 2.05) is 19.1 Å². The molecule has 0 aliphatic carbocycles. The molecule has 1 aromatic carbocycles. The van der Waals surface area contributed by atoms with Gasteiger partial charge in [0.05, 0.1) is 6.04 Å². The van der Waals surface area contributed by atoms with E-state index in [0.29, 0.717) is 0 Å². The van der Waals surface area contributed by atoms with Gasteiger partial charge in [0.15, 0.2) is 0 Å². The minimum Gasteiger partial charge on any atom is -0.464 e. The normalized spacial score (nSPS) is 16.2. The van der Waals surface area contributed by atoms with Crippen LogP contribution >= 0.6 is 0 Å². The van der Waals surface area contributed by atoms with E-state index in [1.54, 1.807) is 0 Å². The molecule has 3 nitrogen and oxygen atoms in total. The van der Waals surface area contributed by atoms with Crippen molar-refractivity contribution >= 4 is 11.4 Å². The van der Waals surface area contributed by atoms with Crippen LogP contribution in [0.3, 0.4) is 0 Å². The molecule has 0 saturated carbocycles. The molecule has 1 aromatic heterocycles. The maximum atomic E-state index is 5.69. The van der Waals surface area contributed by atoms with Gasteiger partial charge in [-0.3, -0.25) is 0 Å². The second-order valence-corrected chi connectivity index (χ2v) is 6.01. The molecule has 1 aliphatic rings. The number of nitrogens with one attached hydrogen (secondary N) is 1. The van der Waals surface area contributed by atoms with Crippen molar-refractivity contribution in [3.63, 3.8) is 0 Å². The summed E-state index contributed by atoms with van der Waals surface area (Å²) >= 11 is 0. The van der Waals surface area contributed by atoms with Crippen molar-refractivity contribution in [2.75, 3.05) is 23.3 Å². The number of benzene rings is 1. The van der Waals surface area contributed by atoms with Crippen LogP contribution in [0.15, 0.2) is 34.7 Å². The highest BCUT2D eigenvalue weighted by Crippen LogP contribution is 2.28. The first-order chi connectivity index (χ1) is 10.1. The number of rotatable bonds is 4. The Balaban J connectivity index is 1.73. The molecule has 1 N–H and O–H groups in total. The van der Waals surface area contributed by atoms with Crippen molar-refractivity contribution in [1.82, 2.24) is 0 Å². The van der Waals surface area contributed by atoms with E-state index in [9.17, 15) is 0 Å². The van der Waals surface area contributed by atoms with Crippen LogP contribution in [-0.2, 0) is 0 Å². The van der Waals surface area contributed by atoms with Gasteiger partial charge in [-0.2, -0.15) is 0 Å². The molecule has 21 heavy (non-hydrogen) atoms. The van der Waals surface area contributed by atoms with Crippen LogP contribution in [0, 0.1) is 13.8 Å². The number of aryl methyl sites for hydroxylation is 2. The zero-order chi connectivity index (χ0) is 14.8. The largest absolute Gasteiger partial charge is 0.464 e. The van der Waals surface area contributed by atoms with E-state index >= 15 is 0 Å². The Hall–Kier alpha value is -1.90. The van der Waals surface area contributed by atoms with E-state index in [4.69, 9.17) is 4.42 Å². The summed E-state index contributed by atoms with van der Waals surface area (Å²) in [6, 6.07) is 10.9. The molecule has 112 valence electrons. The lowest BCUT2D eigenvalue weighted by atomic mass is 10.1. The van der Waals surface area contributed by atoms with Gasteiger partial charge in [0.1, 0.15) is 11.5 Å². The molecule has 2 heterocycles. The second kappa shape index (κ2) is 5.84. The summed E-state index contributed by atoms with van der Waals surface area (Å²) in [4.78, 5) is 2.47. The van der Waals surface area contributed by atoms with Crippen LogP contribution in [0.25, 0.3) is 0 Å².